The highest BCUT2D eigenvalue weighted by Gasteiger charge is 2.13. The molecule has 10 heteroatoms. The van der Waals surface area contributed by atoms with Gasteiger partial charge in [0, 0.05) is 5.56 Å². The number of sulfone groups is 1. The molecule has 0 atom stereocenters. The summed E-state index contributed by atoms with van der Waals surface area (Å²) < 4.78 is 24.6. The third-order valence-corrected chi connectivity index (χ3v) is 4.92. The fourth-order valence-corrected chi connectivity index (χ4v) is 2.77. The molecule has 2 rings (SSSR count). The average molecular weight is 352 g/mol. The van der Waals surface area contributed by atoms with Crippen molar-refractivity contribution in [2.75, 3.05) is 5.75 Å². The maximum Gasteiger partial charge on any atom is 0.325 e. The molecule has 0 unspecified atom stereocenters. The van der Waals surface area contributed by atoms with Crippen molar-refractivity contribution in [3.63, 3.8) is 0 Å². The van der Waals surface area contributed by atoms with Crippen molar-refractivity contribution in [1.29, 1.82) is 0 Å². The normalized spacial score (nSPS) is 11.2. The largest absolute Gasteiger partial charge is 0.480 e. The Hall–Kier alpha value is -2.75. The van der Waals surface area contributed by atoms with Crippen LogP contribution in [0.25, 0.3) is 0 Å². The van der Waals surface area contributed by atoms with E-state index in [9.17, 15) is 18.0 Å². The first kappa shape index (κ1) is 17.6. The molecule has 0 aliphatic heterocycles. The van der Waals surface area contributed by atoms with Crippen LogP contribution < -0.4 is 5.32 Å². The van der Waals surface area contributed by atoms with Crippen molar-refractivity contribution in [3.8, 4) is 0 Å². The molecular formula is C14H16N4O5S. The van der Waals surface area contributed by atoms with E-state index in [1.54, 1.807) is 6.92 Å². The van der Waals surface area contributed by atoms with Crippen LogP contribution in [0.15, 0.2) is 35.4 Å². The fourth-order valence-electron chi connectivity index (χ4n) is 1.89. The molecule has 0 bridgehead atoms. The topological polar surface area (TPSA) is 131 Å². The summed E-state index contributed by atoms with van der Waals surface area (Å²) in [5.74, 6) is -1.45. The molecular weight excluding hydrogens is 336 g/mol. The van der Waals surface area contributed by atoms with E-state index < -0.39 is 21.7 Å². The van der Waals surface area contributed by atoms with Gasteiger partial charge in [-0.3, -0.25) is 9.59 Å². The highest BCUT2D eigenvalue weighted by Crippen LogP contribution is 2.12. The van der Waals surface area contributed by atoms with E-state index in [0.717, 1.165) is 4.68 Å². The van der Waals surface area contributed by atoms with Crippen molar-refractivity contribution in [2.24, 2.45) is 0 Å². The van der Waals surface area contributed by atoms with Gasteiger partial charge < -0.3 is 10.4 Å². The van der Waals surface area contributed by atoms with Gasteiger partial charge in [-0.15, -0.1) is 5.10 Å². The molecule has 1 aromatic heterocycles. The van der Waals surface area contributed by atoms with E-state index in [1.165, 1.54) is 30.5 Å². The number of nitrogens with one attached hydrogen (secondary N) is 1. The minimum Gasteiger partial charge on any atom is -0.480 e. The summed E-state index contributed by atoms with van der Waals surface area (Å²) in [5.41, 5.74) is 0.720. The van der Waals surface area contributed by atoms with Crippen LogP contribution in [0.3, 0.4) is 0 Å². The number of hydrogen-bond acceptors (Lipinski definition) is 6. The number of rotatable bonds is 7. The van der Waals surface area contributed by atoms with Gasteiger partial charge in [-0.1, -0.05) is 12.1 Å². The maximum atomic E-state index is 12.0. The van der Waals surface area contributed by atoms with Gasteiger partial charge in [0.1, 0.15) is 12.2 Å². The van der Waals surface area contributed by atoms with E-state index in [1.807, 2.05) is 0 Å². The number of carboxylic acid groups (broad SMARTS) is 1. The first-order valence-corrected chi connectivity index (χ1v) is 8.69. The molecule has 2 N–H and O–H groups in total. The van der Waals surface area contributed by atoms with Gasteiger partial charge in [-0.05, 0) is 24.3 Å². The number of carboxylic acids is 1. The van der Waals surface area contributed by atoms with Crippen LogP contribution in [0.4, 0.5) is 0 Å². The minimum atomic E-state index is -3.30. The first-order valence-electron chi connectivity index (χ1n) is 7.03. The number of aliphatic carboxylic acids is 1. The summed E-state index contributed by atoms with van der Waals surface area (Å²) in [6.07, 6.45) is 1.42. The number of carbonyl (C=O) groups excluding carboxylic acids is 1. The maximum absolute atomic E-state index is 12.0. The summed E-state index contributed by atoms with van der Waals surface area (Å²) in [7, 11) is -3.30. The van der Waals surface area contributed by atoms with Gasteiger partial charge in [0.2, 0.25) is 0 Å². The number of carbonyl (C=O) groups is 2. The van der Waals surface area contributed by atoms with Crippen LogP contribution in [0, 0.1) is 0 Å². The molecule has 128 valence electrons. The Bertz CT molecular complexity index is 842. The van der Waals surface area contributed by atoms with E-state index >= 15 is 0 Å². The molecule has 2 aromatic rings. The SMILES string of the molecule is CCS(=O)(=O)c1ccc(C(=O)NCc2cn(CC(=O)O)nn2)cc1. The van der Waals surface area contributed by atoms with Crippen molar-refractivity contribution < 1.29 is 23.1 Å². The minimum absolute atomic E-state index is 0.00938. The zero-order valence-electron chi connectivity index (χ0n) is 12.8. The van der Waals surface area contributed by atoms with E-state index in [-0.39, 0.29) is 23.7 Å². The van der Waals surface area contributed by atoms with Crippen LogP contribution in [-0.2, 0) is 27.7 Å². The van der Waals surface area contributed by atoms with Crippen molar-refractivity contribution in [1.82, 2.24) is 20.3 Å². The van der Waals surface area contributed by atoms with E-state index in [2.05, 4.69) is 15.6 Å². The summed E-state index contributed by atoms with van der Waals surface area (Å²) in [6.45, 7) is 1.31. The highest BCUT2D eigenvalue weighted by atomic mass is 32.2. The van der Waals surface area contributed by atoms with Crippen LogP contribution in [-0.4, -0.2) is 46.1 Å². The van der Waals surface area contributed by atoms with Gasteiger partial charge in [-0.25, -0.2) is 13.1 Å². The van der Waals surface area contributed by atoms with Gasteiger partial charge in [0.05, 0.1) is 23.4 Å². The summed E-state index contributed by atoms with van der Waals surface area (Å²) >= 11 is 0. The standard InChI is InChI=1S/C14H16N4O5S/c1-2-24(22,23)12-5-3-10(4-6-12)14(21)15-7-11-8-18(17-16-11)9-13(19)20/h3-6,8H,2,7,9H2,1H3,(H,15,21)(H,19,20). The Balaban J connectivity index is 1.97. The molecule has 1 heterocycles. The molecule has 0 saturated heterocycles. The van der Waals surface area contributed by atoms with E-state index in [4.69, 9.17) is 5.11 Å². The van der Waals surface area contributed by atoms with Gasteiger partial charge in [-0.2, -0.15) is 0 Å². The molecule has 0 aliphatic carbocycles. The van der Waals surface area contributed by atoms with Gasteiger partial charge in [0.25, 0.3) is 5.91 Å². The monoisotopic (exact) mass is 352 g/mol. The number of hydrogen-bond donors (Lipinski definition) is 2. The van der Waals surface area contributed by atoms with Crippen LogP contribution >= 0.6 is 0 Å². The lowest BCUT2D eigenvalue weighted by Crippen LogP contribution is -2.23. The van der Waals surface area contributed by atoms with Crippen LogP contribution in [0.1, 0.15) is 23.0 Å². The molecule has 0 fully saturated rings. The highest BCUT2D eigenvalue weighted by molar-refractivity contribution is 7.91. The lowest BCUT2D eigenvalue weighted by atomic mass is 10.2. The molecule has 1 aromatic carbocycles. The fraction of sp³-hybridized carbons (Fsp3) is 0.286. The lowest BCUT2D eigenvalue weighted by molar-refractivity contribution is -0.137. The predicted octanol–water partition coefficient (Wildman–Crippen LogP) is 0.0863. The second-order valence-corrected chi connectivity index (χ2v) is 7.19. The lowest BCUT2D eigenvalue weighted by Gasteiger charge is -2.05. The number of amides is 1. The predicted molar refractivity (Wildman–Crippen MR) is 83.0 cm³/mol. The Labute approximate surface area is 138 Å². The second-order valence-electron chi connectivity index (χ2n) is 4.91. The summed E-state index contributed by atoms with van der Waals surface area (Å²) in [6, 6.07) is 5.63. The third-order valence-electron chi connectivity index (χ3n) is 3.17. The van der Waals surface area contributed by atoms with Crippen molar-refractivity contribution in [3.05, 3.63) is 41.7 Å². The van der Waals surface area contributed by atoms with Crippen LogP contribution in [0.5, 0.6) is 0 Å². The Kier molecular flexibility index (Phi) is 5.29. The van der Waals surface area contributed by atoms with Crippen LogP contribution in [0.2, 0.25) is 0 Å². The number of nitrogens with zero attached hydrogens (tertiary/aromatic N) is 3. The van der Waals surface area contributed by atoms with Gasteiger partial charge in [0.15, 0.2) is 9.84 Å². The number of benzene rings is 1. The second kappa shape index (κ2) is 7.21. The zero-order valence-corrected chi connectivity index (χ0v) is 13.7. The average Bonchev–Trinajstić information content (AvgIpc) is 2.99. The van der Waals surface area contributed by atoms with Crippen molar-refractivity contribution in [2.45, 2.75) is 24.9 Å². The summed E-state index contributed by atoms with van der Waals surface area (Å²) in [5, 5.41) is 18.6. The summed E-state index contributed by atoms with van der Waals surface area (Å²) in [4.78, 5) is 22.7. The van der Waals surface area contributed by atoms with Crippen molar-refractivity contribution >= 4 is 21.7 Å². The molecule has 0 radical (unpaired) electrons. The Morgan fingerprint density at radius 3 is 2.50 bits per heavy atom. The molecule has 24 heavy (non-hydrogen) atoms. The Morgan fingerprint density at radius 2 is 1.92 bits per heavy atom. The Morgan fingerprint density at radius 1 is 1.25 bits per heavy atom. The van der Waals surface area contributed by atoms with E-state index in [0.29, 0.717) is 11.3 Å². The molecule has 0 aliphatic rings. The quantitative estimate of drug-likeness (QED) is 0.721. The smallest absolute Gasteiger partial charge is 0.325 e. The molecule has 0 spiro atoms. The third kappa shape index (κ3) is 4.38. The zero-order chi connectivity index (χ0) is 17.7. The first-order chi connectivity index (χ1) is 11.3. The number of aromatic nitrogens is 3. The molecule has 1 amide bonds. The molecule has 0 saturated carbocycles. The molecule has 9 nitrogen and oxygen atoms in total. The van der Waals surface area contributed by atoms with Gasteiger partial charge >= 0.3 is 5.97 Å².